The molecule has 1 aliphatic rings. The van der Waals surface area contributed by atoms with Crippen molar-refractivity contribution in [3.05, 3.63) is 39.5 Å². The number of rotatable bonds is 13. The van der Waals surface area contributed by atoms with E-state index in [-0.39, 0.29) is 43.6 Å². The van der Waals surface area contributed by atoms with E-state index in [1.54, 1.807) is 17.0 Å². The minimum atomic E-state index is -1.05. The van der Waals surface area contributed by atoms with Gasteiger partial charge < -0.3 is 30.0 Å². The van der Waals surface area contributed by atoms with Crippen molar-refractivity contribution in [3.8, 4) is 5.75 Å². The monoisotopic (exact) mass is 600 g/mol. The molecule has 0 aliphatic heterocycles. The highest BCUT2D eigenvalue weighted by Crippen LogP contribution is 2.30. The molecular formula is C26H37IN2O6. The number of hydrogen-bond donors (Lipinski definition) is 3. The molecule has 3 N–H and O–H groups in total. The number of ketones is 1. The van der Waals surface area contributed by atoms with Gasteiger partial charge in [0, 0.05) is 37.9 Å². The van der Waals surface area contributed by atoms with Gasteiger partial charge in [-0.2, -0.15) is 0 Å². The Morgan fingerprint density at radius 2 is 1.94 bits per heavy atom. The molecule has 3 unspecified atom stereocenters. The van der Waals surface area contributed by atoms with E-state index >= 15 is 0 Å². The summed E-state index contributed by atoms with van der Waals surface area (Å²) in [6.07, 6.45) is 1.58. The average molecular weight is 600 g/mol. The van der Waals surface area contributed by atoms with Crippen molar-refractivity contribution < 1.29 is 29.3 Å². The van der Waals surface area contributed by atoms with Crippen molar-refractivity contribution >= 4 is 40.2 Å². The number of nitrogens with zero attached hydrogens (tertiary/aromatic N) is 1. The average Bonchev–Trinajstić information content (AvgIpc) is 2.80. The normalized spacial score (nSPS) is 19.7. The van der Waals surface area contributed by atoms with Crippen LogP contribution < -0.4 is 10.1 Å². The van der Waals surface area contributed by atoms with Crippen molar-refractivity contribution in [3.63, 3.8) is 0 Å². The Morgan fingerprint density at radius 1 is 1.23 bits per heavy atom. The van der Waals surface area contributed by atoms with E-state index in [4.69, 9.17) is 9.84 Å². The molecule has 1 aliphatic carbocycles. The fourth-order valence-corrected chi connectivity index (χ4v) is 4.49. The Hall–Kier alpha value is -1.98. The molecule has 0 spiro atoms. The van der Waals surface area contributed by atoms with Crippen molar-refractivity contribution in [2.45, 2.75) is 71.1 Å². The SMILES string of the molecule is CC(=O)CCCC(=O)N(CCC(C)C)C1CC(C(=O)NCCO)=CC(Oc2ccccc2I)C1O. The number of carbonyl (C=O) groups is 3. The molecule has 0 heterocycles. The van der Waals surface area contributed by atoms with Gasteiger partial charge >= 0.3 is 0 Å². The zero-order valence-corrected chi connectivity index (χ0v) is 22.9. The van der Waals surface area contributed by atoms with Gasteiger partial charge in [-0.15, -0.1) is 0 Å². The lowest BCUT2D eigenvalue weighted by molar-refractivity contribution is -0.139. The van der Waals surface area contributed by atoms with E-state index in [9.17, 15) is 19.5 Å². The van der Waals surface area contributed by atoms with E-state index in [0.717, 1.165) is 9.99 Å². The van der Waals surface area contributed by atoms with Crippen LogP contribution in [0.3, 0.4) is 0 Å². The van der Waals surface area contributed by atoms with Gasteiger partial charge in [0.25, 0.3) is 0 Å². The van der Waals surface area contributed by atoms with E-state index in [1.165, 1.54) is 6.92 Å². The first-order valence-electron chi connectivity index (χ1n) is 12.1. The Balaban J connectivity index is 2.35. The molecule has 8 nitrogen and oxygen atoms in total. The molecule has 9 heteroatoms. The summed E-state index contributed by atoms with van der Waals surface area (Å²) in [4.78, 5) is 39.1. The molecule has 0 saturated heterocycles. The number of ether oxygens (including phenoxy) is 1. The van der Waals surface area contributed by atoms with Crippen LogP contribution in [-0.4, -0.2) is 70.7 Å². The van der Waals surface area contributed by atoms with Gasteiger partial charge in [-0.05, 0) is 66.5 Å². The van der Waals surface area contributed by atoms with Gasteiger partial charge in [-0.25, -0.2) is 0 Å². The van der Waals surface area contributed by atoms with Gasteiger partial charge in [-0.3, -0.25) is 9.59 Å². The van der Waals surface area contributed by atoms with E-state index in [2.05, 4.69) is 41.8 Å². The summed E-state index contributed by atoms with van der Waals surface area (Å²) in [5.41, 5.74) is 0.399. The van der Waals surface area contributed by atoms with Crippen molar-refractivity contribution in [1.82, 2.24) is 10.2 Å². The van der Waals surface area contributed by atoms with Crippen LogP contribution >= 0.6 is 22.6 Å². The minimum absolute atomic E-state index is 0.0286. The first-order valence-corrected chi connectivity index (χ1v) is 13.2. The molecule has 35 heavy (non-hydrogen) atoms. The van der Waals surface area contributed by atoms with Crippen LogP contribution in [0.1, 0.15) is 52.9 Å². The summed E-state index contributed by atoms with van der Waals surface area (Å²) in [6, 6.07) is 6.72. The lowest BCUT2D eigenvalue weighted by Crippen LogP contribution is -2.55. The maximum atomic E-state index is 13.3. The third kappa shape index (κ3) is 9.20. The maximum Gasteiger partial charge on any atom is 0.247 e. The quantitative estimate of drug-likeness (QED) is 0.300. The largest absolute Gasteiger partial charge is 0.482 e. The predicted molar refractivity (Wildman–Crippen MR) is 142 cm³/mol. The number of carbonyl (C=O) groups excluding carboxylic acids is 3. The van der Waals surface area contributed by atoms with Crippen LogP contribution in [0.4, 0.5) is 0 Å². The second-order valence-corrected chi connectivity index (χ2v) is 10.4. The number of amides is 2. The van der Waals surface area contributed by atoms with Crippen LogP contribution in [0.15, 0.2) is 35.9 Å². The van der Waals surface area contributed by atoms with Crippen molar-refractivity contribution in [2.75, 3.05) is 19.7 Å². The fraction of sp³-hybridized carbons (Fsp3) is 0.577. The van der Waals surface area contributed by atoms with Gasteiger partial charge in [0.15, 0.2) is 0 Å². The molecule has 2 amide bonds. The predicted octanol–water partition coefficient (Wildman–Crippen LogP) is 2.84. The number of hydrogen-bond acceptors (Lipinski definition) is 6. The number of Topliss-reactive ketones (excluding diaryl/α,β-unsaturated/α-hetero) is 1. The number of aliphatic hydroxyl groups excluding tert-OH is 2. The molecular weight excluding hydrogens is 563 g/mol. The summed E-state index contributed by atoms with van der Waals surface area (Å²) in [7, 11) is 0. The van der Waals surface area contributed by atoms with E-state index < -0.39 is 18.2 Å². The van der Waals surface area contributed by atoms with Gasteiger partial charge in [0.2, 0.25) is 11.8 Å². The summed E-state index contributed by atoms with van der Waals surface area (Å²) in [6.45, 7) is 5.97. The molecule has 0 radical (unpaired) electrons. The summed E-state index contributed by atoms with van der Waals surface area (Å²) in [5.74, 6) is 0.428. The summed E-state index contributed by atoms with van der Waals surface area (Å²) in [5, 5.41) is 23.1. The number of aliphatic hydroxyl groups is 2. The van der Waals surface area contributed by atoms with Crippen LogP contribution in [0.25, 0.3) is 0 Å². The number of halogens is 1. The van der Waals surface area contributed by atoms with E-state index in [1.807, 2.05) is 18.2 Å². The van der Waals surface area contributed by atoms with Crippen LogP contribution in [0.2, 0.25) is 0 Å². The number of nitrogens with one attached hydrogen (secondary N) is 1. The number of para-hydroxylation sites is 1. The van der Waals surface area contributed by atoms with Gasteiger partial charge in [0.1, 0.15) is 23.7 Å². The number of benzene rings is 1. The molecule has 3 atom stereocenters. The summed E-state index contributed by atoms with van der Waals surface area (Å²) < 4.78 is 6.99. The highest BCUT2D eigenvalue weighted by atomic mass is 127. The van der Waals surface area contributed by atoms with E-state index in [0.29, 0.717) is 36.6 Å². The topological polar surface area (TPSA) is 116 Å². The molecule has 2 rings (SSSR count). The molecule has 1 aromatic rings. The summed E-state index contributed by atoms with van der Waals surface area (Å²) >= 11 is 2.14. The highest BCUT2D eigenvalue weighted by Gasteiger charge is 2.40. The van der Waals surface area contributed by atoms with Crippen LogP contribution in [0.5, 0.6) is 5.75 Å². The second kappa shape index (κ2) is 14.5. The molecule has 0 bridgehead atoms. The van der Waals surface area contributed by atoms with Gasteiger partial charge in [-0.1, -0.05) is 26.0 Å². The smallest absolute Gasteiger partial charge is 0.247 e. The second-order valence-electron chi connectivity index (χ2n) is 9.27. The minimum Gasteiger partial charge on any atom is -0.482 e. The van der Waals surface area contributed by atoms with Crippen molar-refractivity contribution in [1.29, 1.82) is 0 Å². The third-order valence-corrected chi connectivity index (χ3v) is 6.79. The third-order valence-electron chi connectivity index (χ3n) is 5.90. The van der Waals surface area contributed by atoms with Crippen molar-refractivity contribution in [2.24, 2.45) is 5.92 Å². The molecule has 194 valence electrons. The first-order chi connectivity index (χ1) is 16.6. The van der Waals surface area contributed by atoms with Gasteiger partial charge in [0.05, 0.1) is 16.2 Å². The Kier molecular flexibility index (Phi) is 12.2. The Labute approximate surface area is 221 Å². The lowest BCUT2D eigenvalue weighted by atomic mass is 9.87. The Morgan fingerprint density at radius 3 is 2.57 bits per heavy atom. The van der Waals surface area contributed by atoms with Crippen LogP contribution in [0, 0.1) is 9.49 Å². The highest BCUT2D eigenvalue weighted by molar-refractivity contribution is 14.1. The molecule has 1 aromatic carbocycles. The maximum absolute atomic E-state index is 13.3. The molecule has 0 fully saturated rings. The zero-order chi connectivity index (χ0) is 26.0. The zero-order valence-electron chi connectivity index (χ0n) is 20.7. The molecule has 0 aromatic heterocycles. The standard InChI is InChI=1S/C26H37IN2O6/c1-17(2)11-13-29(24(32)10-6-7-18(3)31)21-15-19(26(34)28-12-14-30)16-23(25(21)33)35-22-9-5-4-8-20(22)27/h4-5,8-9,16-17,21,23,25,30,33H,6-7,10-15H2,1-3H3,(H,28,34). The fourth-order valence-electron chi connectivity index (χ4n) is 3.97. The lowest BCUT2D eigenvalue weighted by Gasteiger charge is -2.41. The first kappa shape index (κ1) is 29.3. The molecule has 0 saturated carbocycles. The van der Waals surface area contributed by atoms with Crippen LogP contribution in [-0.2, 0) is 14.4 Å². The Bertz CT molecular complexity index is 904.